The molecule has 0 bridgehead atoms. The van der Waals surface area contributed by atoms with Crippen molar-refractivity contribution in [2.45, 2.75) is 19.3 Å². The molecule has 0 N–H and O–H groups in total. The first-order valence-electron chi connectivity index (χ1n) is 2.18. The minimum Gasteiger partial charge on any atom is -0.209 e. The standard InChI is InChI=1S/C4H3F6/c5-2(6)1(3(7)8)4(9)10/h2-4H. The van der Waals surface area contributed by atoms with Crippen LogP contribution in [0.3, 0.4) is 0 Å². The Hall–Kier alpha value is -0.420. The third kappa shape index (κ3) is 2.45. The van der Waals surface area contributed by atoms with E-state index in [4.69, 9.17) is 0 Å². The zero-order valence-corrected chi connectivity index (χ0v) is 4.50. The van der Waals surface area contributed by atoms with Gasteiger partial charge in [0.25, 0.3) is 19.3 Å². The molecule has 0 aliphatic rings. The topological polar surface area (TPSA) is 0 Å². The van der Waals surface area contributed by atoms with Crippen molar-refractivity contribution in [1.82, 2.24) is 0 Å². The lowest BCUT2D eigenvalue weighted by molar-refractivity contribution is 0.00245. The zero-order chi connectivity index (χ0) is 8.31. The monoisotopic (exact) mass is 165 g/mol. The van der Waals surface area contributed by atoms with E-state index in [1.54, 1.807) is 0 Å². The largest absolute Gasteiger partial charge is 0.256 e. The molecule has 1 radical (unpaired) electrons. The Morgan fingerprint density at radius 2 is 0.800 bits per heavy atom. The van der Waals surface area contributed by atoms with Crippen LogP contribution in [0.5, 0.6) is 0 Å². The maximum atomic E-state index is 11.2. The summed E-state index contributed by atoms with van der Waals surface area (Å²) in [4.78, 5) is 0. The summed E-state index contributed by atoms with van der Waals surface area (Å²) < 4.78 is 67.2. The fourth-order valence-electron chi connectivity index (χ4n) is 0.286. The van der Waals surface area contributed by atoms with Gasteiger partial charge in [-0.2, -0.15) is 0 Å². The normalized spacial score (nSPS) is 12.6. The van der Waals surface area contributed by atoms with Crippen molar-refractivity contribution in [3.05, 3.63) is 5.92 Å². The highest BCUT2D eigenvalue weighted by Crippen LogP contribution is 2.27. The third-order valence-electron chi connectivity index (χ3n) is 0.756. The van der Waals surface area contributed by atoms with Crippen molar-refractivity contribution in [3.63, 3.8) is 0 Å². The molecule has 0 fully saturated rings. The number of rotatable bonds is 3. The van der Waals surface area contributed by atoms with Gasteiger partial charge in [-0.05, 0) is 0 Å². The summed E-state index contributed by atoms with van der Waals surface area (Å²) in [7, 11) is 0. The molecule has 0 aliphatic heterocycles. The van der Waals surface area contributed by atoms with Crippen LogP contribution in [0.1, 0.15) is 0 Å². The van der Waals surface area contributed by atoms with Gasteiger partial charge in [-0.25, -0.2) is 26.3 Å². The lowest BCUT2D eigenvalue weighted by Crippen LogP contribution is -2.24. The Morgan fingerprint density at radius 3 is 0.800 bits per heavy atom. The van der Waals surface area contributed by atoms with Crippen LogP contribution >= 0.6 is 0 Å². The van der Waals surface area contributed by atoms with Gasteiger partial charge in [0.15, 0.2) is 5.92 Å². The van der Waals surface area contributed by atoms with Crippen molar-refractivity contribution < 1.29 is 26.3 Å². The Labute approximate surface area is 52.8 Å². The van der Waals surface area contributed by atoms with Crippen LogP contribution in [0.2, 0.25) is 0 Å². The number of alkyl halides is 6. The van der Waals surface area contributed by atoms with Crippen molar-refractivity contribution in [1.29, 1.82) is 0 Å². The smallest absolute Gasteiger partial charge is 0.209 e. The van der Waals surface area contributed by atoms with Crippen LogP contribution in [0, 0.1) is 5.92 Å². The number of halogens is 6. The molecule has 0 aliphatic carbocycles. The number of hydrogen-bond acceptors (Lipinski definition) is 0. The Kier molecular flexibility index (Phi) is 3.52. The molecule has 10 heavy (non-hydrogen) atoms. The first-order valence-corrected chi connectivity index (χ1v) is 2.18. The summed E-state index contributed by atoms with van der Waals surface area (Å²) in [5.41, 5.74) is 0. The summed E-state index contributed by atoms with van der Waals surface area (Å²) in [5, 5.41) is 0. The fourth-order valence-corrected chi connectivity index (χ4v) is 0.286. The second kappa shape index (κ2) is 3.68. The van der Waals surface area contributed by atoms with E-state index >= 15 is 0 Å². The van der Waals surface area contributed by atoms with E-state index in [1.807, 2.05) is 0 Å². The van der Waals surface area contributed by atoms with Gasteiger partial charge in [-0.3, -0.25) is 0 Å². The van der Waals surface area contributed by atoms with Crippen LogP contribution in [0.4, 0.5) is 26.3 Å². The lowest BCUT2D eigenvalue weighted by Gasteiger charge is -2.11. The first-order chi connectivity index (χ1) is 4.46. The number of hydrogen-bond donors (Lipinski definition) is 0. The van der Waals surface area contributed by atoms with Crippen molar-refractivity contribution in [3.8, 4) is 0 Å². The van der Waals surface area contributed by atoms with Gasteiger partial charge in [-0.15, -0.1) is 0 Å². The summed E-state index contributed by atoms with van der Waals surface area (Å²) in [6.07, 6.45) is -11.3. The SMILES string of the molecule is FC(F)[C](C(F)F)C(F)F. The van der Waals surface area contributed by atoms with E-state index in [0.717, 1.165) is 0 Å². The second-order valence-corrected chi connectivity index (χ2v) is 1.40. The van der Waals surface area contributed by atoms with E-state index < -0.39 is 25.2 Å². The molecule has 0 spiro atoms. The van der Waals surface area contributed by atoms with E-state index in [1.165, 1.54) is 0 Å². The first kappa shape index (κ1) is 9.58. The Morgan fingerprint density at radius 1 is 0.600 bits per heavy atom. The molecule has 0 aromatic heterocycles. The quantitative estimate of drug-likeness (QED) is 0.563. The highest BCUT2D eigenvalue weighted by Gasteiger charge is 2.39. The summed E-state index contributed by atoms with van der Waals surface area (Å²) in [6.45, 7) is 0. The molecule has 0 rings (SSSR count). The molecular weight excluding hydrogens is 162 g/mol. The fraction of sp³-hybridized carbons (Fsp3) is 0.750. The lowest BCUT2D eigenvalue weighted by atomic mass is 10.2. The molecule has 0 nitrogen and oxygen atoms in total. The van der Waals surface area contributed by atoms with Gasteiger partial charge < -0.3 is 0 Å². The van der Waals surface area contributed by atoms with Crippen molar-refractivity contribution in [2.24, 2.45) is 0 Å². The van der Waals surface area contributed by atoms with Crippen LogP contribution in [-0.2, 0) is 0 Å². The predicted octanol–water partition coefficient (Wildman–Crippen LogP) is 2.36. The van der Waals surface area contributed by atoms with Crippen LogP contribution in [-0.4, -0.2) is 19.3 Å². The van der Waals surface area contributed by atoms with Gasteiger partial charge in [0.1, 0.15) is 0 Å². The third-order valence-corrected chi connectivity index (χ3v) is 0.756. The minimum absolute atomic E-state index is 2.31. The Balaban J connectivity index is 3.98. The van der Waals surface area contributed by atoms with Gasteiger partial charge >= 0.3 is 0 Å². The summed E-state index contributed by atoms with van der Waals surface area (Å²) >= 11 is 0. The average molecular weight is 165 g/mol. The van der Waals surface area contributed by atoms with Crippen LogP contribution < -0.4 is 0 Å². The maximum Gasteiger partial charge on any atom is 0.256 e. The van der Waals surface area contributed by atoms with Crippen molar-refractivity contribution >= 4 is 0 Å². The van der Waals surface area contributed by atoms with Gasteiger partial charge in [-0.1, -0.05) is 0 Å². The van der Waals surface area contributed by atoms with Crippen LogP contribution in [0.25, 0.3) is 0 Å². The molecule has 0 unspecified atom stereocenters. The maximum absolute atomic E-state index is 11.2. The molecular formula is C4H3F6. The van der Waals surface area contributed by atoms with E-state index in [-0.39, 0.29) is 0 Å². The molecule has 0 amide bonds. The molecule has 0 atom stereocenters. The summed E-state index contributed by atoms with van der Waals surface area (Å²) in [6, 6.07) is 0. The van der Waals surface area contributed by atoms with Gasteiger partial charge in [0, 0.05) is 0 Å². The minimum atomic E-state index is -3.75. The van der Waals surface area contributed by atoms with Gasteiger partial charge in [0.2, 0.25) is 0 Å². The predicted molar refractivity (Wildman–Crippen MR) is 21.3 cm³/mol. The molecule has 61 valence electrons. The summed E-state index contributed by atoms with van der Waals surface area (Å²) in [5.74, 6) is -2.31. The Bertz CT molecular complexity index is 70.7. The highest BCUT2D eigenvalue weighted by atomic mass is 19.3. The van der Waals surface area contributed by atoms with E-state index in [9.17, 15) is 26.3 Å². The second-order valence-electron chi connectivity index (χ2n) is 1.40. The molecule has 0 aromatic carbocycles. The molecule has 0 heterocycles. The molecule has 0 aromatic rings. The molecule has 0 saturated heterocycles. The van der Waals surface area contributed by atoms with Crippen molar-refractivity contribution in [2.75, 3.05) is 0 Å². The highest BCUT2D eigenvalue weighted by molar-refractivity contribution is 4.98. The average Bonchev–Trinajstić information content (AvgIpc) is 1.59. The van der Waals surface area contributed by atoms with Crippen LogP contribution in [0.15, 0.2) is 0 Å². The zero-order valence-electron chi connectivity index (χ0n) is 4.50. The molecule has 6 heteroatoms. The molecule has 0 saturated carbocycles. The van der Waals surface area contributed by atoms with E-state index in [0.29, 0.717) is 0 Å². The van der Waals surface area contributed by atoms with E-state index in [2.05, 4.69) is 0 Å². The van der Waals surface area contributed by atoms with Gasteiger partial charge in [0.05, 0.1) is 0 Å².